The summed E-state index contributed by atoms with van der Waals surface area (Å²) in [6, 6.07) is 15.4. The van der Waals surface area contributed by atoms with Crippen LogP contribution < -0.4 is 9.47 Å². The van der Waals surface area contributed by atoms with Crippen LogP contribution in [0.3, 0.4) is 0 Å². The van der Waals surface area contributed by atoms with Crippen LogP contribution in [0.4, 0.5) is 4.79 Å². The Morgan fingerprint density at radius 2 is 1.71 bits per heavy atom. The van der Waals surface area contributed by atoms with E-state index < -0.39 is 6.16 Å². The zero-order valence-electron chi connectivity index (χ0n) is 11.4. The van der Waals surface area contributed by atoms with Crippen molar-refractivity contribution < 1.29 is 24.3 Å². The van der Waals surface area contributed by atoms with Crippen molar-refractivity contribution in [2.75, 3.05) is 7.11 Å². The smallest absolute Gasteiger partial charge is 0.497 e. The summed E-state index contributed by atoms with van der Waals surface area (Å²) in [4.78, 5) is 16.1. The molecule has 2 aromatic carbocycles. The molecule has 0 aromatic heterocycles. The van der Waals surface area contributed by atoms with E-state index in [9.17, 15) is 10.0 Å². The first-order valence-electron chi connectivity index (χ1n) is 6.21. The fraction of sp³-hybridized carbons (Fsp3) is 0.133. The van der Waals surface area contributed by atoms with Gasteiger partial charge < -0.3 is 14.3 Å². The molecular weight excluding hydrogens is 274 g/mol. The maximum Gasteiger partial charge on any atom is 0.535 e. The van der Waals surface area contributed by atoms with Gasteiger partial charge in [-0.1, -0.05) is 30.3 Å². The van der Waals surface area contributed by atoms with Gasteiger partial charge in [0.1, 0.15) is 11.5 Å². The van der Waals surface area contributed by atoms with E-state index in [1.807, 2.05) is 0 Å². The second-order valence-electron chi connectivity index (χ2n) is 4.11. The number of nitrogens with zero attached hydrogens (tertiary/aromatic N) is 1. The van der Waals surface area contributed by atoms with E-state index in [1.54, 1.807) is 61.7 Å². The van der Waals surface area contributed by atoms with Crippen LogP contribution in [0.2, 0.25) is 0 Å². The van der Waals surface area contributed by atoms with Gasteiger partial charge in [0.05, 0.1) is 13.7 Å². The molecule has 2 rings (SSSR count). The lowest BCUT2D eigenvalue weighted by molar-refractivity contribution is -0.314. The van der Waals surface area contributed by atoms with E-state index in [-0.39, 0.29) is 6.54 Å². The summed E-state index contributed by atoms with van der Waals surface area (Å²) in [6.07, 6.45) is -1.02. The summed E-state index contributed by atoms with van der Waals surface area (Å²) in [5.74, 6) is 1.04. The molecule has 6 heteroatoms. The van der Waals surface area contributed by atoms with Crippen molar-refractivity contribution >= 4 is 6.16 Å². The van der Waals surface area contributed by atoms with Gasteiger partial charge in [-0.15, -0.1) is 0 Å². The minimum atomic E-state index is -1.02. The summed E-state index contributed by atoms with van der Waals surface area (Å²) in [5.41, 5.74) is 0.741. The van der Waals surface area contributed by atoms with E-state index >= 15 is 0 Å². The molecule has 0 saturated heterocycles. The average molecular weight is 289 g/mol. The number of benzene rings is 2. The van der Waals surface area contributed by atoms with Gasteiger partial charge in [-0.05, 0) is 35.1 Å². The Kier molecular flexibility index (Phi) is 5.14. The monoisotopic (exact) mass is 289 g/mol. The van der Waals surface area contributed by atoms with E-state index in [0.29, 0.717) is 16.7 Å². The number of methoxy groups -OCH3 is 1. The van der Waals surface area contributed by atoms with E-state index in [4.69, 9.17) is 9.47 Å². The highest BCUT2D eigenvalue weighted by Crippen LogP contribution is 2.13. The minimum absolute atomic E-state index is 0.00782. The molecule has 0 atom stereocenters. The van der Waals surface area contributed by atoms with Crippen LogP contribution in [0.5, 0.6) is 11.5 Å². The number of rotatable bonds is 5. The van der Waals surface area contributed by atoms with Crippen molar-refractivity contribution in [3.8, 4) is 11.5 Å². The normalized spacial score (nSPS) is 10.2. The fourth-order valence-corrected chi connectivity index (χ4v) is 1.61. The quantitative estimate of drug-likeness (QED) is 0.518. The molecule has 6 nitrogen and oxygen atoms in total. The van der Waals surface area contributed by atoms with E-state index in [2.05, 4.69) is 4.84 Å². The summed E-state index contributed by atoms with van der Waals surface area (Å²) < 4.78 is 9.90. The molecule has 0 aliphatic rings. The van der Waals surface area contributed by atoms with Crippen LogP contribution in [0.15, 0.2) is 54.6 Å². The highest BCUT2D eigenvalue weighted by Gasteiger charge is 2.12. The molecule has 0 radical (unpaired) electrons. The molecule has 0 spiro atoms. The third kappa shape index (κ3) is 4.79. The predicted molar refractivity (Wildman–Crippen MR) is 73.9 cm³/mol. The van der Waals surface area contributed by atoms with Crippen LogP contribution in [-0.4, -0.2) is 23.7 Å². The van der Waals surface area contributed by atoms with Crippen LogP contribution in [0.1, 0.15) is 5.56 Å². The number of ether oxygens (including phenoxy) is 2. The van der Waals surface area contributed by atoms with Gasteiger partial charge in [-0.2, -0.15) is 0 Å². The lowest BCUT2D eigenvalue weighted by Crippen LogP contribution is -2.25. The lowest BCUT2D eigenvalue weighted by Gasteiger charge is -2.13. The summed E-state index contributed by atoms with van der Waals surface area (Å²) in [6.45, 7) is 0.00782. The Labute approximate surface area is 122 Å². The predicted octanol–water partition coefficient (Wildman–Crippen LogP) is 3.02. The zero-order chi connectivity index (χ0) is 15.1. The fourth-order valence-electron chi connectivity index (χ4n) is 1.61. The summed E-state index contributed by atoms with van der Waals surface area (Å²) in [7, 11) is 1.57. The maximum atomic E-state index is 11.4. The molecule has 0 aliphatic heterocycles. The first-order chi connectivity index (χ1) is 10.2. The van der Waals surface area contributed by atoms with Gasteiger partial charge in [0, 0.05) is 0 Å². The number of hydroxylamine groups is 2. The molecular formula is C15H15NO5. The standard InChI is InChI=1S/C15H15NO5/c1-19-13-9-7-12(8-10-13)11-16(18)21-15(17)20-14-5-3-2-4-6-14/h2-10,18H,11H2,1H3. The third-order valence-corrected chi connectivity index (χ3v) is 2.60. The molecule has 2 aromatic rings. The van der Waals surface area contributed by atoms with Gasteiger partial charge in [-0.25, -0.2) is 4.79 Å². The third-order valence-electron chi connectivity index (χ3n) is 2.60. The van der Waals surface area contributed by atoms with Crippen LogP contribution >= 0.6 is 0 Å². The van der Waals surface area contributed by atoms with Gasteiger partial charge in [0.15, 0.2) is 0 Å². The first kappa shape index (κ1) is 14.8. The van der Waals surface area contributed by atoms with Crippen LogP contribution in [0.25, 0.3) is 0 Å². The summed E-state index contributed by atoms with van der Waals surface area (Å²) >= 11 is 0. The highest BCUT2D eigenvalue weighted by molar-refractivity contribution is 5.63. The first-order valence-corrected chi connectivity index (χ1v) is 6.21. The number of hydrogen-bond acceptors (Lipinski definition) is 6. The molecule has 0 unspecified atom stereocenters. The molecule has 0 aliphatic carbocycles. The molecule has 21 heavy (non-hydrogen) atoms. The largest absolute Gasteiger partial charge is 0.535 e. The van der Waals surface area contributed by atoms with Crippen molar-refractivity contribution in [2.24, 2.45) is 0 Å². The minimum Gasteiger partial charge on any atom is -0.497 e. The van der Waals surface area contributed by atoms with Crippen LogP contribution in [0, 0.1) is 0 Å². The Morgan fingerprint density at radius 1 is 1.05 bits per heavy atom. The van der Waals surface area contributed by atoms with Crippen molar-refractivity contribution in [2.45, 2.75) is 6.54 Å². The molecule has 0 bridgehead atoms. The van der Waals surface area contributed by atoms with Gasteiger partial charge in [0.2, 0.25) is 0 Å². The van der Waals surface area contributed by atoms with Crippen LogP contribution in [-0.2, 0) is 11.4 Å². The number of hydrogen-bond donors (Lipinski definition) is 1. The average Bonchev–Trinajstić information content (AvgIpc) is 2.48. The summed E-state index contributed by atoms with van der Waals surface area (Å²) in [5, 5.41) is 9.97. The molecule has 0 fully saturated rings. The van der Waals surface area contributed by atoms with Crippen molar-refractivity contribution in [1.29, 1.82) is 0 Å². The van der Waals surface area contributed by atoms with E-state index in [0.717, 1.165) is 5.56 Å². The Hall–Kier alpha value is -2.57. The topological polar surface area (TPSA) is 68.2 Å². The molecule has 0 heterocycles. The van der Waals surface area contributed by atoms with Crippen molar-refractivity contribution in [1.82, 2.24) is 5.23 Å². The van der Waals surface area contributed by atoms with Gasteiger partial charge in [0.25, 0.3) is 0 Å². The molecule has 0 amide bonds. The molecule has 0 saturated carbocycles. The van der Waals surface area contributed by atoms with Gasteiger partial charge in [-0.3, -0.25) is 5.21 Å². The van der Waals surface area contributed by atoms with Crippen molar-refractivity contribution in [3.05, 3.63) is 60.2 Å². The maximum absolute atomic E-state index is 11.4. The second-order valence-corrected chi connectivity index (χ2v) is 4.11. The number of carbonyl (C=O) groups excluding carboxylic acids is 1. The number of para-hydroxylation sites is 1. The second kappa shape index (κ2) is 7.28. The Balaban J connectivity index is 1.83. The lowest BCUT2D eigenvalue weighted by atomic mass is 10.2. The van der Waals surface area contributed by atoms with Gasteiger partial charge >= 0.3 is 6.16 Å². The van der Waals surface area contributed by atoms with Crippen molar-refractivity contribution in [3.63, 3.8) is 0 Å². The Morgan fingerprint density at radius 3 is 2.33 bits per heavy atom. The van der Waals surface area contributed by atoms with E-state index in [1.165, 1.54) is 0 Å². The molecule has 110 valence electrons. The Bertz CT molecular complexity index is 570. The number of carbonyl (C=O) groups is 1. The molecule has 1 N–H and O–H groups in total. The zero-order valence-corrected chi connectivity index (χ0v) is 11.4. The highest BCUT2D eigenvalue weighted by atomic mass is 16.9. The SMILES string of the molecule is COc1ccc(CN(O)OC(=O)Oc2ccccc2)cc1.